The first-order chi connectivity index (χ1) is 15.2. The van der Waals surface area contributed by atoms with Gasteiger partial charge in [0.05, 0.1) is 12.7 Å². The lowest BCUT2D eigenvalue weighted by atomic mass is 10.0. The van der Waals surface area contributed by atoms with Crippen LogP contribution in [0.4, 0.5) is 11.4 Å². The fourth-order valence-corrected chi connectivity index (χ4v) is 3.70. The van der Waals surface area contributed by atoms with E-state index in [0.717, 1.165) is 54.3 Å². The van der Waals surface area contributed by atoms with Gasteiger partial charge >= 0.3 is 0 Å². The molecule has 0 aliphatic carbocycles. The second-order valence-corrected chi connectivity index (χ2v) is 7.84. The van der Waals surface area contributed by atoms with Crippen LogP contribution in [0.5, 0.6) is 11.5 Å². The third-order valence-corrected chi connectivity index (χ3v) is 5.39. The summed E-state index contributed by atoms with van der Waals surface area (Å²) in [6, 6.07) is 13.0. The molecule has 2 aliphatic heterocycles. The van der Waals surface area contributed by atoms with Crippen molar-refractivity contribution >= 4 is 23.2 Å². The average Bonchev–Trinajstić information content (AvgIpc) is 3.30. The minimum Gasteiger partial charge on any atom is -0.494 e. The van der Waals surface area contributed by atoms with Crippen LogP contribution >= 0.6 is 0 Å². The monoisotopic (exact) mass is 424 g/mol. The van der Waals surface area contributed by atoms with E-state index in [9.17, 15) is 9.59 Å². The molecule has 0 saturated carbocycles. The summed E-state index contributed by atoms with van der Waals surface area (Å²) in [7, 11) is 0. The molecule has 164 valence electrons. The van der Waals surface area contributed by atoms with Gasteiger partial charge in [-0.3, -0.25) is 9.59 Å². The number of aryl methyl sites for hydroxylation is 1. The molecule has 31 heavy (non-hydrogen) atoms. The summed E-state index contributed by atoms with van der Waals surface area (Å²) in [6.45, 7) is 1.83. The SMILES string of the molecule is O=C(CCCOc1ccc2c(c1)CCC(=O)N2)Nc1ccc(OCC2CCCO2)cc1. The number of anilines is 2. The number of carbonyl (C=O) groups is 2. The molecule has 4 rings (SSSR count). The molecule has 1 fully saturated rings. The highest BCUT2D eigenvalue weighted by molar-refractivity contribution is 5.94. The summed E-state index contributed by atoms with van der Waals surface area (Å²) >= 11 is 0. The van der Waals surface area contributed by atoms with Crippen LogP contribution in [0.2, 0.25) is 0 Å². The summed E-state index contributed by atoms with van der Waals surface area (Å²) in [4.78, 5) is 23.6. The van der Waals surface area contributed by atoms with Gasteiger partial charge in [0.25, 0.3) is 0 Å². The van der Waals surface area contributed by atoms with E-state index in [1.807, 2.05) is 42.5 Å². The molecule has 2 amide bonds. The van der Waals surface area contributed by atoms with Crippen molar-refractivity contribution in [2.45, 2.75) is 44.6 Å². The van der Waals surface area contributed by atoms with Crippen LogP contribution in [0.25, 0.3) is 0 Å². The van der Waals surface area contributed by atoms with Gasteiger partial charge in [-0.2, -0.15) is 0 Å². The topological polar surface area (TPSA) is 85.9 Å². The first kappa shape index (κ1) is 21.2. The summed E-state index contributed by atoms with van der Waals surface area (Å²) < 4.78 is 17.0. The molecule has 0 bridgehead atoms. The first-order valence-electron chi connectivity index (χ1n) is 10.9. The van der Waals surface area contributed by atoms with E-state index in [-0.39, 0.29) is 17.9 Å². The van der Waals surface area contributed by atoms with Gasteiger partial charge in [0.1, 0.15) is 18.1 Å². The fourth-order valence-electron chi connectivity index (χ4n) is 3.70. The average molecular weight is 424 g/mol. The molecular formula is C24H28N2O5. The van der Waals surface area contributed by atoms with E-state index in [2.05, 4.69) is 10.6 Å². The number of amides is 2. The predicted molar refractivity (Wildman–Crippen MR) is 118 cm³/mol. The molecule has 2 N–H and O–H groups in total. The van der Waals surface area contributed by atoms with E-state index in [1.165, 1.54) is 0 Å². The van der Waals surface area contributed by atoms with Crippen molar-refractivity contribution in [3.63, 3.8) is 0 Å². The van der Waals surface area contributed by atoms with Gasteiger partial charge in [0.2, 0.25) is 11.8 Å². The maximum absolute atomic E-state index is 12.2. The lowest BCUT2D eigenvalue weighted by Gasteiger charge is -2.17. The molecule has 1 unspecified atom stereocenters. The molecule has 2 aromatic rings. The second-order valence-electron chi connectivity index (χ2n) is 7.84. The van der Waals surface area contributed by atoms with Gasteiger partial charge in [-0.25, -0.2) is 0 Å². The number of ether oxygens (including phenoxy) is 3. The molecule has 1 atom stereocenters. The smallest absolute Gasteiger partial charge is 0.224 e. The number of hydrogen-bond donors (Lipinski definition) is 2. The Labute approximate surface area is 182 Å². The quantitative estimate of drug-likeness (QED) is 0.596. The zero-order valence-corrected chi connectivity index (χ0v) is 17.5. The number of hydrogen-bond acceptors (Lipinski definition) is 5. The van der Waals surface area contributed by atoms with Crippen LogP contribution in [0, 0.1) is 0 Å². The highest BCUT2D eigenvalue weighted by Gasteiger charge is 2.16. The van der Waals surface area contributed by atoms with Crippen molar-refractivity contribution < 1.29 is 23.8 Å². The zero-order chi connectivity index (χ0) is 21.5. The molecule has 0 aromatic heterocycles. The Morgan fingerprint density at radius 2 is 1.94 bits per heavy atom. The van der Waals surface area contributed by atoms with Gasteiger partial charge in [-0.05, 0) is 73.7 Å². The Morgan fingerprint density at radius 1 is 1.10 bits per heavy atom. The molecule has 1 saturated heterocycles. The lowest BCUT2D eigenvalue weighted by Crippen LogP contribution is -2.18. The highest BCUT2D eigenvalue weighted by atomic mass is 16.5. The van der Waals surface area contributed by atoms with Crippen molar-refractivity contribution in [3.8, 4) is 11.5 Å². The van der Waals surface area contributed by atoms with Gasteiger partial charge in [0.15, 0.2) is 0 Å². The minimum atomic E-state index is -0.0511. The Bertz CT molecular complexity index is 907. The summed E-state index contributed by atoms with van der Waals surface area (Å²) in [5.74, 6) is 1.53. The first-order valence-corrected chi connectivity index (χ1v) is 10.9. The number of carbonyl (C=O) groups excluding carboxylic acids is 2. The normalized spacial score (nSPS) is 17.5. The van der Waals surface area contributed by atoms with Gasteiger partial charge in [0, 0.05) is 30.8 Å². The van der Waals surface area contributed by atoms with Crippen LogP contribution in [-0.4, -0.2) is 37.7 Å². The number of benzene rings is 2. The number of fused-ring (bicyclic) bond motifs is 1. The van der Waals surface area contributed by atoms with Crippen LogP contribution in [0.1, 0.15) is 37.7 Å². The van der Waals surface area contributed by atoms with Gasteiger partial charge in [-0.15, -0.1) is 0 Å². The maximum atomic E-state index is 12.2. The Balaban J connectivity index is 1.14. The van der Waals surface area contributed by atoms with E-state index in [4.69, 9.17) is 14.2 Å². The minimum absolute atomic E-state index is 0.0491. The number of nitrogens with one attached hydrogen (secondary N) is 2. The maximum Gasteiger partial charge on any atom is 0.224 e. The molecular weight excluding hydrogens is 396 g/mol. The summed E-state index contributed by atoms with van der Waals surface area (Å²) in [6.07, 6.45) is 4.53. The lowest BCUT2D eigenvalue weighted by molar-refractivity contribution is -0.117. The van der Waals surface area contributed by atoms with Crippen LogP contribution in [0.3, 0.4) is 0 Å². The van der Waals surface area contributed by atoms with Crippen molar-refractivity contribution in [2.24, 2.45) is 0 Å². The van der Waals surface area contributed by atoms with Gasteiger partial charge < -0.3 is 24.8 Å². The predicted octanol–water partition coefficient (Wildman–Crippen LogP) is 3.93. The largest absolute Gasteiger partial charge is 0.494 e. The molecule has 2 heterocycles. The third kappa shape index (κ3) is 6.21. The molecule has 7 nitrogen and oxygen atoms in total. The van der Waals surface area contributed by atoms with Crippen molar-refractivity contribution in [1.29, 1.82) is 0 Å². The molecule has 2 aliphatic rings. The van der Waals surface area contributed by atoms with Crippen LogP contribution in [0.15, 0.2) is 42.5 Å². The fraction of sp³-hybridized carbons (Fsp3) is 0.417. The Hall–Kier alpha value is -3.06. The Morgan fingerprint density at radius 3 is 2.74 bits per heavy atom. The van der Waals surface area contributed by atoms with Crippen molar-refractivity contribution in [2.75, 3.05) is 30.5 Å². The van der Waals surface area contributed by atoms with E-state index < -0.39 is 0 Å². The second kappa shape index (κ2) is 10.3. The van der Waals surface area contributed by atoms with Crippen molar-refractivity contribution in [3.05, 3.63) is 48.0 Å². The van der Waals surface area contributed by atoms with Crippen LogP contribution < -0.4 is 20.1 Å². The molecule has 0 radical (unpaired) electrons. The van der Waals surface area contributed by atoms with Crippen LogP contribution in [-0.2, 0) is 20.7 Å². The standard InChI is InChI=1S/C24H28N2O5/c27-23(25-18-6-8-19(9-7-18)31-16-21-3-1-13-30-21)4-2-14-29-20-10-11-22-17(15-20)5-12-24(28)26-22/h6-11,15,21H,1-5,12-14,16H2,(H,25,27)(H,26,28). The zero-order valence-electron chi connectivity index (χ0n) is 17.5. The molecule has 2 aromatic carbocycles. The van der Waals surface area contributed by atoms with E-state index >= 15 is 0 Å². The third-order valence-electron chi connectivity index (χ3n) is 5.39. The Kier molecular flexibility index (Phi) is 7.04. The highest BCUT2D eigenvalue weighted by Crippen LogP contribution is 2.27. The summed E-state index contributed by atoms with van der Waals surface area (Å²) in [5.41, 5.74) is 2.68. The van der Waals surface area contributed by atoms with E-state index in [0.29, 0.717) is 32.5 Å². The molecule has 7 heteroatoms. The molecule has 0 spiro atoms. The van der Waals surface area contributed by atoms with Gasteiger partial charge in [-0.1, -0.05) is 0 Å². The number of rotatable bonds is 9. The summed E-state index contributed by atoms with van der Waals surface area (Å²) in [5, 5.41) is 5.75. The van der Waals surface area contributed by atoms with E-state index in [1.54, 1.807) is 0 Å². The van der Waals surface area contributed by atoms with Crippen molar-refractivity contribution in [1.82, 2.24) is 0 Å².